The van der Waals surface area contributed by atoms with Crippen LogP contribution in [0.5, 0.6) is 0 Å². The van der Waals surface area contributed by atoms with Gasteiger partial charge in [0.05, 0.1) is 27.3 Å². The highest BCUT2D eigenvalue weighted by Crippen LogP contribution is 2.71. The van der Waals surface area contributed by atoms with Gasteiger partial charge in [0.15, 0.2) is 0 Å². The first-order chi connectivity index (χ1) is 18.2. The second-order valence-electron chi connectivity index (χ2n) is 10.6. The summed E-state index contributed by atoms with van der Waals surface area (Å²) in [5.74, 6) is -1.56. The molecule has 2 bridgehead atoms. The van der Waals surface area contributed by atoms with Crippen LogP contribution in [0.3, 0.4) is 0 Å². The molecule has 0 radical (unpaired) electrons. The predicted molar refractivity (Wildman–Crippen MR) is 153 cm³/mol. The molecule has 3 amide bonds. The molecule has 3 aliphatic rings. The molecule has 3 heterocycles. The van der Waals surface area contributed by atoms with Crippen LogP contribution >= 0.6 is 23.4 Å². The molecule has 1 N–H and O–H groups in total. The predicted octanol–water partition coefficient (Wildman–Crippen LogP) is 4.15. The molecule has 3 aliphatic heterocycles. The van der Waals surface area contributed by atoms with Crippen LogP contribution in [0.25, 0.3) is 0 Å². The first-order valence-electron chi connectivity index (χ1n) is 13.4. The van der Waals surface area contributed by atoms with Crippen LogP contribution in [-0.4, -0.2) is 80.9 Å². The van der Waals surface area contributed by atoms with Crippen LogP contribution in [-0.2, 0) is 14.4 Å². The van der Waals surface area contributed by atoms with Gasteiger partial charge >= 0.3 is 0 Å². The van der Waals surface area contributed by atoms with Gasteiger partial charge in [0, 0.05) is 37.5 Å². The molecule has 3 saturated heterocycles. The summed E-state index contributed by atoms with van der Waals surface area (Å²) in [5, 5.41) is 10.0. The first kappa shape index (κ1) is 28.7. The smallest absolute Gasteiger partial charge is 0.251 e. The lowest BCUT2D eigenvalue weighted by Gasteiger charge is -2.38. The molecular formula is C29H38ClN3O4S. The number of aliphatic hydroxyl groups is 1. The number of fused-ring (bicyclic) bond motifs is 1. The average Bonchev–Trinajstić information content (AvgIpc) is 3.46. The molecule has 4 rings (SSSR count). The molecule has 9 heteroatoms. The number of benzene rings is 1. The monoisotopic (exact) mass is 559 g/mol. The fourth-order valence-corrected chi connectivity index (χ4v) is 9.31. The highest BCUT2D eigenvalue weighted by molar-refractivity contribution is 8.02. The molecule has 0 aliphatic carbocycles. The molecule has 1 spiro atoms. The van der Waals surface area contributed by atoms with E-state index in [9.17, 15) is 19.5 Å². The Hall–Kier alpha value is -2.29. The van der Waals surface area contributed by atoms with Gasteiger partial charge in [-0.05, 0) is 44.7 Å². The topological polar surface area (TPSA) is 81.2 Å². The van der Waals surface area contributed by atoms with E-state index >= 15 is 0 Å². The van der Waals surface area contributed by atoms with E-state index in [0.717, 1.165) is 12.8 Å². The number of hydrogen-bond acceptors (Lipinski definition) is 5. The Morgan fingerprint density at radius 1 is 1.21 bits per heavy atom. The van der Waals surface area contributed by atoms with E-state index in [-0.39, 0.29) is 37.4 Å². The fraction of sp³-hybridized carbons (Fsp3) is 0.552. The summed E-state index contributed by atoms with van der Waals surface area (Å²) in [6.07, 6.45) is 5.94. The maximum absolute atomic E-state index is 14.5. The molecule has 7 nitrogen and oxygen atoms in total. The molecule has 206 valence electrons. The van der Waals surface area contributed by atoms with E-state index in [1.165, 1.54) is 0 Å². The number of thioether (sulfide) groups is 1. The van der Waals surface area contributed by atoms with E-state index in [1.54, 1.807) is 56.8 Å². The number of amides is 3. The SMILES string of the molecule is C=CCN(CCC)C(=O)[C@H]1[C@H]2C(=O)N(CCCO)C(C(=O)N(CC=C)c3ccccc3Cl)C23CC[C@]1(C)S3. The third kappa shape index (κ3) is 4.58. The van der Waals surface area contributed by atoms with Gasteiger partial charge in [-0.15, -0.1) is 24.9 Å². The summed E-state index contributed by atoms with van der Waals surface area (Å²) in [6, 6.07) is 6.38. The van der Waals surface area contributed by atoms with Gasteiger partial charge in [-0.1, -0.05) is 42.8 Å². The molecule has 0 saturated carbocycles. The van der Waals surface area contributed by atoms with Crippen LogP contribution < -0.4 is 4.90 Å². The van der Waals surface area contributed by atoms with Crippen molar-refractivity contribution in [2.45, 2.75) is 55.1 Å². The number of para-hydroxylation sites is 1. The second-order valence-corrected chi connectivity index (χ2v) is 12.9. The molecule has 0 aromatic heterocycles. The first-order valence-corrected chi connectivity index (χ1v) is 14.6. The number of anilines is 1. The van der Waals surface area contributed by atoms with E-state index in [0.29, 0.717) is 36.6 Å². The highest BCUT2D eigenvalue weighted by Gasteiger charge is 2.77. The van der Waals surface area contributed by atoms with Gasteiger partial charge in [-0.25, -0.2) is 0 Å². The summed E-state index contributed by atoms with van der Waals surface area (Å²) < 4.78 is -1.18. The van der Waals surface area contributed by atoms with Crippen LogP contribution in [0.4, 0.5) is 5.69 Å². The van der Waals surface area contributed by atoms with Crippen molar-refractivity contribution in [1.82, 2.24) is 9.80 Å². The van der Waals surface area contributed by atoms with Crippen molar-refractivity contribution in [3.8, 4) is 0 Å². The van der Waals surface area contributed by atoms with Gasteiger partial charge in [0.1, 0.15) is 6.04 Å². The lowest BCUT2D eigenvalue weighted by molar-refractivity contribution is -0.145. The van der Waals surface area contributed by atoms with Crippen molar-refractivity contribution in [2.75, 3.05) is 37.7 Å². The van der Waals surface area contributed by atoms with E-state index in [2.05, 4.69) is 20.1 Å². The van der Waals surface area contributed by atoms with Gasteiger partial charge in [0.25, 0.3) is 5.91 Å². The fourth-order valence-electron chi connectivity index (χ4n) is 6.73. The van der Waals surface area contributed by atoms with Gasteiger partial charge in [-0.2, -0.15) is 0 Å². The summed E-state index contributed by atoms with van der Waals surface area (Å²) in [5.41, 5.74) is 0.560. The summed E-state index contributed by atoms with van der Waals surface area (Å²) in [6.45, 7) is 13.2. The number of carbonyl (C=O) groups excluding carboxylic acids is 3. The normalized spacial score (nSPS) is 29.3. The maximum Gasteiger partial charge on any atom is 0.251 e. The Bertz CT molecular complexity index is 1120. The number of hydrogen-bond donors (Lipinski definition) is 1. The van der Waals surface area contributed by atoms with Crippen molar-refractivity contribution in [3.05, 3.63) is 54.6 Å². The van der Waals surface area contributed by atoms with E-state index < -0.39 is 27.4 Å². The molecular weight excluding hydrogens is 522 g/mol. The minimum absolute atomic E-state index is 0.0362. The van der Waals surface area contributed by atoms with E-state index in [4.69, 9.17) is 11.6 Å². The van der Waals surface area contributed by atoms with Crippen molar-refractivity contribution in [3.63, 3.8) is 0 Å². The number of halogens is 1. The van der Waals surface area contributed by atoms with Crippen LogP contribution in [0.1, 0.15) is 39.5 Å². The highest BCUT2D eigenvalue weighted by atomic mass is 35.5. The molecule has 3 fully saturated rings. The van der Waals surface area contributed by atoms with Crippen molar-refractivity contribution >= 4 is 46.8 Å². The lowest BCUT2D eigenvalue weighted by atomic mass is 9.66. The molecule has 5 atom stereocenters. The summed E-state index contributed by atoms with van der Waals surface area (Å²) in [7, 11) is 0. The Morgan fingerprint density at radius 2 is 1.92 bits per heavy atom. The zero-order chi connectivity index (χ0) is 27.7. The van der Waals surface area contributed by atoms with E-state index in [1.807, 2.05) is 13.0 Å². The third-order valence-electron chi connectivity index (χ3n) is 8.21. The van der Waals surface area contributed by atoms with Crippen LogP contribution in [0, 0.1) is 11.8 Å². The summed E-state index contributed by atoms with van der Waals surface area (Å²) in [4.78, 5) is 47.7. The maximum atomic E-state index is 14.5. The van der Waals surface area contributed by atoms with Gasteiger partial charge in [0.2, 0.25) is 11.8 Å². The van der Waals surface area contributed by atoms with Crippen LogP contribution in [0.2, 0.25) is 5.02 Å². The Morgan fingerprint density at radius 3 is 2.55 bits per heavy atom. The number of carbonyl (C=O) groups is 3. The quantitative estimate of drug-likeness (QED) is 0.389. The molecule has 1 aromatic carbocycles. The van der Waals surface area contributed by atoms with Crippen LogP contribution in [0.15, 0.2) is 49.6 Å². The van der Waals surface area contributed by atoms with Gasteiger partial charge < -0.3 is 19.8 Å². The summed E-state index contributed by atoms with van der Waals surface area (Å²) >= 11 is 8.17. The zero-order valence-electron chi connectivity index (χ0n) is 22.3. The van der Waals surface area contributed by atoms with Gasteiger partial charge in [-0.3, -0.25) is 14.4 Å². The number of nitrogens with zero attached hydrogens (tertiary/aromatic N) is 3. The number of aliphatic hydroxyl groups excluding tert-OH is 1. The third-order valence-corrected chi connectivity index (χ3v) is 10.5. The minimum Gasteiger partial charge on any atom is -0.396 e. The Labute approximate surface area is 234 Å². The number of likely N-dealkylation sites (tertiary alicyclic amines) is 1. The number of rotatable bonds is 12. The second kappa shape index (κ2) is 11.4. The standard InChI is InChI=1S/C29H38ClN3O4S/c1-5-15-31(16-6-2)25(35)22-23-26(36)33(18-10-19-34)24(29(23)14-13-28(22,4)38-29)27(37)32(17-7-3)21-12-9-8-11-20(21)30/h5,7-9,11-12,22-24,34H,1,3,6,10,13-19H2,2,4H3/t22-,23+,24?,28+,29?/m1/s1. The average molecular weight is 560 g/mol. The molecule has 1 aromatic rings. The minimum atomic E-state index is -0.772. The van der Waals surface area contributed by atoms with Crippen molar-refractivity contribution in [2.24, 2.45) is 11.8 Å². The van der Waals surface area contributed by atoms with Crippen molar-refractivity contribution in [1.29, 1.82) is 0 Å². The Balaban J connectivity index is 1.80. The largest absolute Gasteiger partial charge is 0.396 e. The molecule has 2 unspecified atom stereocenters. The van der Waals surface area contributed by atoms with Crippen molar-refractivity contribution < 1.29 is 19.5 Å². The Kier molecular flexibility index (Phi) is 8.65. The lowest BCUT2D eigenvalue weighted by Crippen LogP contribution is -2.55. The zero-order valence-corrected chi connectivity index (χ0v) is 23.8. The molecule has 38 heavy (non-hydrogen) atoms.